The number of aromatic nitrogens is 1. The third-order valence-corrected chi connectivity index (χ3v) is 11.9. The summed E-state index contributed by atoms with van der Waals surface area (Å²) < 4.78 is 119. The second kappa shape index (κ2) is 15.3. The third-order valence-electron chi connectivity index (χ3n) is 10.1. The molecule has 1 amide bonds. The van der Waals surface area contributed by atoms with Gasteiger partial charge in [-0.1, -0.05) is 49.4 Å². The van der Waals surface area contributed by atoms with E-state index < -0.39 is 50.4 Å². The molecule has 8 nitrogen and oxygen atoms in total. The molecule has 0 unspecified atom stereocenters. The number of fused-ring (bicyclic) bond motifs is 1. The predicted octanol–water partition coefficient (Wildman–Crippen LogP) is 7.82. The smallest absolute Gasteiger partial charge is 0.416 e. The van der Waals surface area contributed by atoms with Crippen molar-refractivity contribution in [2.45, 2.75) is 68.5 Å². The van der Waals surface area contributed by atoms with Gasteiger partial charge in [0.15, 0.2) is 15.9 Å². The number of pyridine rings is 1. The van der Waals surface area contributed by atoms with E-state index in [-0.39, 0.29) is 51.1 Å². The maximum absolute atomic E-state index is 14.7. The van der Waals surface area contributed by atoms with Crippen molar-refractivity contribution < 1.29 is 44.3 Å². The van der Waals surface area contributed by atoms with Crippen LogP contribution in [0, 0.1) is 0 Å². The highest BCUT2D eigenvalue weighted by molar-refractivity contribution is 7.91. The van der Waals surface area contributed by atoms with Crippen LogP contribution < -0.4 is 10.1 Å². The molecular weight excluding hydrogens is 722 g/mol. The number of alkyl halides is 6. The maximum atomic E-state index is 14.7. The lowest BCUT2D eigenvalue weighted by molar-refractivity contribution is -0.155. The zero-order valence-corrected chi connectivity index (χ0v) is 30.0. The Balaban J connectivity index is 1.60. The van der Waals surface area contributed by atoms with Gasteiger partial charge in [0.05, 0.1) is 35.2 Å². The fraction of sp³-hybridized carbons (Fsp3) is 0.421. The number of hydrogen-bond acceptors (Lipinski definition) is 7. The van der Waals surface area contributed by atoms with Crippen LogP contribution in [-0.4, -0.2) is 80.4 Å². The van der Waals surface area contributed by atoms with Gasteiger partial charge < -0.3 is 15.0 Å². The number of halogens is 6. The number of methoxy groups -OCH3 is 1. The van der Waals surface area contributed by atoms with Crippen molar-refractivity contribution in [2.24, 2.45) is 0 Å². The van der Waals surface area contributed by atoms with Gasteiger partial charge in [-0.25, -0.2) is 13.4 Å². The molecule has 284 valence electrons. The molecule has 0 saturated carbocycles. The van der Waals surface area contributed by atoms with Crippen LogP contribution in [0.5, 0.6) is 5.75 Å². The molecule has 4 aromatic rings. The van der Waals surface area contributed by atoms with Gasteiger partial charge in [-0.2, -0.15) is 26.3 Å². The minimum atomic E-state index is -4.94. The molecule has 0 bridgehead atoms. The Morgan fingerprint density at radius 3 is 2.23 bits per heavy atom. The number of hydrogen-bond donors (Lipinski definition) is 1. The number of ether oxygens (including phenoxy) is 1. The predicted molar refractivity (Wildman–Crippen MR) is 188 cm³/mol. The van der Waals surface area contributed by atoms with Crippen LogP contribution in [-0.2, 0) is 22.6 Å². The van der Waals surface area contributed by atoms with Gasteiger partial charge in [-0.15, -0.1) is 0 Å². The number of rotatable bonds is 10. The molecule has 0 aliphatic carbocycles. The van der Waals surface area contributed by atoms with E-state index in [1.807, 2.05) is 4.90 Å². The number of carbonyl (C=O) groups excluding carboxylic acids is 1. The van der Waals surface area contributed by atoms with Crippen LogP contribution in [0.3, 0.4) is 0 Å². The second-order valence-electron chi connectivity index (χ2n) is 13.4. The Labute approximate surface area is 304 Å². The SMILES string of the molecule is CCS(=O)(=O)c1c(OC)ccc2c(C(=O)N[C@H](c3ccccc3)C(F)(F)F)c(CN3CCC(N4CCCC4)CC3)c(-c3cccc(C(F)(F)F)c3)nc12. The summed E-state index contributed by atoms with van der Waals surface area (Å²) in [5.74, 6) is -1.76. The molecule has 15 heteroatoms. The summed E-state index contributed by atoms with van der Waals surface area (Å²) in [7, 11) is -2.95. The Bertz CT molecular complexity index is 2060. The summed E-state index contributed by atoms with van der Waals surface area (Å²) in [5.41, 5.74) is -2.05. The monoisotopic (exact) mass is 762 g/mol. The topological polar surface area (TPSA) is 91.8 Å². The van der Waals surface area contributed by atoms with Crippen molar-refractivity contribution in [1.29, 1.82) is 0 Å². The largest absolute Gasteiger partial charge is 0.495 e. The Kier molecular flexibility index (Phi) is 11.1. The summed E-state index contributed by atoms with van der Waals surface area (Å²) in [5, 5.41) is 2.06. The first-order valence-corrected chi connectivity index (χ1v) is 19.1. The summed E-state index contributed by atoms with van der Waals surface area (Å²) in [6.07, 6.45) is -5.92. The number of nitrogens with one attached hydrogen (secondary N) is 1. The molecular formula is C38H40F6N4O4S. The van der Waals surface area contributed by atoms with Crippen molar-refractivity contribution in [3.63, 3.8) is 0 Å². The molecule has 1 atom stereocenters. The average Bonchev–Trinajstić information content (AvgIpc) is 3.68. The zero-order chi connectivity index (χ0) is 38.1. The molecule has 0 spiro atoms. The van der Waals surface area contributed by atoms with E-state index in [1.54, 1.807) is 0 Å². The van der Waals surface area contributed by atoms with Gasteiger partial charge in [-0.3, -0.25) is 9.69 Å². The van der Waals surface area contributed by atoms with Crippen molar-refractivity contribution in [3.05, 3.63) is 89.0 Å². The van der Waals surface area contributed by atoms with Gasteiger partial charge in [0.2, 0.25) is 0 Å². The Morgan fingerprint density at radius 2 is 1.62 bits per heavy atom. The van der Waals surface area contributed by atoms with E-state index in [9.17, 15) is 39.6 Å². The van der Waals surface area contributed by atoms with Crippen LogP contribution in [0.1, 0.15) is 65.7 Å². The molecule has 3 aromatic carbocycles. The second-order valence-corrected chi connectivity index (χ2v) is 15.6. The Hall–Kier alpha value is -4.21. The summed E-state index contributed by atoms with van der Waals surface area (Å²) in [6.45, 7) is 4.43. The number of nitrogens with zero attached hydrogens (tertiary/aromatic N) is 3. The number of carbonyl (C=O) groups is 1. The minimum Gasteiger partial charge on any atom is -0.495 e. The van der Waals surface area contributed by atoms with Crippen LogP contribution in [0.15, 0.2) is 71.6 Å². The van der Waals surface area contributed by atoms with Crippen molar-refractivity contribution in [1.82, 2.24) is 20.1 Å². The first kappa shape index (κ1) is 38.5. The number of piperidine rings is 1. The van der Waals surface area contributed by atoms with Crippen LogP contribution in [0.25, 0.3) is 22.2 Å². The Morgan fingerprint density at radius 1 is 0.943 bits per heavy atom. The van der Waals surface area contributed by atoms with Gasteiger partial charge in [0.1, 0.15) is 10.6 Å². The maximum Gasteiger partial charge on any atom is 0.416 e. The molecule has 1 aromatic heterocycles. The number of likely N-dealkylation sites (tertiary alicyclic amines) is 2. The van der Waals surface area contributed by atoms with Crippen molar-refractivity contribution in [3.8, 4) is 17.0 Å². The van der Waals surface area contributed by atoms with Crippen molar-refractivity contribution >= 4 is 26.6 Å². The zero-order valence-electron chi connectivity index (χ0n) is 29.2. The summed E-state index contributed by atoms with van der Waals surface area (Å²) in [6, 6.07) is 11.5. The van der Waals surface area contributed by atoms with Gasteiger partial charge in [0.25, 0.3) is 5.91 Å². The molecule has 1 N–H and O–H groups in total. The van der Waals surface area contributed by atoms with Crippen LogP contribution >= 0.6 is 0 Å². The highest BCUT2D eigenvalue weighted by Gasteiger charge is 2.43. The van der Waals surface area contributed by atoms with E-state index in [2.05, 4.69) is 10.2 Å². The van der Waals surface area contributed by atoms with Crippen molar-refractivity contribution in [2.75, 3.05) is 39.0 Å². The van der Waals surface area contributed by atoms with Crippen LogP contribution in [0.2, 0.25) is 0 Å². The lowest BCUT2D eigenvalue weighted by Crippen LogP contribution is -2.44. The molecule has 2 saturated heterocycles. The van der Waals surface area contributed by atoms with Gasteiger partial charge >= 0.3 is 12.4 Å². The number of sulfone groups is 1. The highest BCUT2D eigenvalue weighted by atomic mass is 32.2. The van der Waals surface area contributed by atoms with E-state index in [1.165, 1.54) is 68.6 Å². The molecule has 6 rings (SSSR count). The lowest BCUT2D eigenvalue weighted by Gasteiger charge is -2.37. The van der Waals surface area contributed by atoms with E-state index >= 15 is 0 Å². The standard InChI is InChI=1S/C38H40F6N4O4S/c1-3-53(50,51)34-30(52-2)15-14-28-31(36(49)46-35(38(42,43)44)24-10-5-4-6-11-24)29(23-47-20-16-27(17-21-47)48-18-7-8-19-48)32(45-33(28)34)25-12-9-13-26(22-25)37(39,40)41/h4-6,9-15,22,27,35H,3,7-8,16-21,23H2,1-2H3,(H,46,49)/t35-/m1/s1. The minimum absolute atomic E-state index is 0.0477. The molecule has 2 aliphatic rings. The normalized spacial score (nSPS) is 17.3. The fourth-order valence-electron chi connectivity index (χ4n) is 7.40. The lowest BCUT2D eigenvalue weighted by atomic mass is 9.93. The average molecular weight is 763 g/mol. The highest BCUT2D eigenvalue weighted by Crippen LogP contribution is 2.41. The molecule has 3 heterocycles. The molecule has 2 aliphatic heterocycles. The van der Waals surface area contributed by atoms with E-state index in [0.717, 1.165) is 50.9 Å². The quantitative estimate of drug-likeness (QED) is 0.165. The van der Waals surface area contributed by atoms with E-state index in [4.69, 9.17) is 9.72 Å². The first-order chi connectivity index (χ1) is 25.1. The number of amides is 1. The number of benzene rings is 3. The van der Waals surface area contributed by atoms with Gasteiger partial charge in [-0.05, 0) is 81.7 Å². The molecule has 0 radical (unpaired) electrons. The summed E-state index contributed by atoms with van der Waals surface area (Å²) >= 11 is 0. The molecule has 53 heavy (non-hydrogen) atoms. The van der Waals surface area contributed by atoms with Crippen LogP contribution in [0.4, 0.5) is 26.3 Å². The molecule has 2 fully saturated rings. The third kappa shape index (κ3) is 8.16. The first-order valence-electron chi connectivity index (χ1n) is 17.4. The van der Waals surface area contributed by atoms with E-state index in [0.29, 0.717) is 19.1 Å². The summed E-state index contributed by atoms with van der Waals surface area (Å²) in [4.78, 5) is 23.3. The fourth-order valence-corrected chi connectivity index (χ4v) is 8.60. The van der Waals surface area contributed by atoms with Gasteiger partial charge in [0, 0.05) is 29.1 Å².